The van der Waals surface area contributed by atoms with Crippen molar-refractivity contribution >= 4 is 40.9 Å². The summed E-state index contributed by atoms with van der Waals surface area (Å²) in [4.78, 5) is 0.825. The molecule has 0 fully saturated rings. The quantitative estimate of drug-likeness (QED) is 0.465. The molecule has 0 radical (unpaired) electrons. The van der Waals surface area contributed by atoms with Crippen molar-refractivity contribution in [1.29, 1.82) is 0 Å². The van der Waals surface area contributed by atoms with Gasteiger partial charge in [-0.3, -0.25) is 0 Å². The highest BCUT2D eigenvalue weighted by atomic mass is 127. The van der Waals surface area contributed by atoms with Gasteiger partial charge in [-0.1, -0.05) is 18.2 Å². The maximum atomic E-state index is 5.71. The highest BCUT2D eigenvalue weighted by Gasteiger charge is 2.00. The first-order chi connectivity index (χ1) is 7.16. The van der Waals surface area contributed by atoms with E-state index in [0.717, 1.165) is 10.5 Å². The Bertz CT molecular complexity index is 479. The fourth-order valence-corrected chi connectivity index (χ4v) is 1.94. The molecule has 0 aliphatic heterocycles. The lowest BCUT2D eigenvalue weighted by molar-refractivity contribution is 1.46. The third-order valence-electron chi connectivity index (χ3n) is 2.21. The van der Waals surface area contributed by atoms with Gasteiger partial charge >= 0.3 is 0 Å². The molecule has 15 heavy (non-hydrogen) atoms. The van der Waals surface area contributed by atoms with Gasteiger partial charge in [0.25, 0.3) is 0 Å². The molecular formula is C12H10INS. The molecule has 0 bridgehead atoms. The van der Waals surface area contributed by atoms with Crippen molar-refractivity contribution in [3.8, 4) is 11.1 Å². The van der Waals surface area contributed by atoms with Crippen LogP contribution in [0.25, 0.3) is 11.1 Å². The Morgan fingerprint density at radius 1 is 0.933 bits per heavy atom. The molecule has 0 saturated heterocycles. The molecular weight excluding hydrogens is 317 g/mol. The summed E-state index contributed by atoms with van der Waals surface area (Å²) >= 11 is 6.60. The van der Waals surface area contributed by atoms with Gasteiger partial charge in [-0.15, -0.1) is 12.6 Å². The van der Waals surface area contributed by atoms with E-state index in [4.69, 9.17) is 5.73 Å². The van der Waals surface area contributed by atoms with Gasteiger partial charge < -0.3 is 5.73 Å². The minimum atomic E-state index is 0.715. The summed E-state index contributed by atoms with van der Waals surface area (Å²) in [6, 6.07) is 14.3. The van der Waals surface area contributed by atoms with Gasteiger partial charge in [-0.25, -0.2) is 0 Å². The number of nitrogens with two attached hydrogens (primary N) is 1. The third kappa shape index (κ3) is 2.46. The number of benzene rings is 2. The van der Waals surface area contributed by atoms with Crippen LogP contribution in [0, 0.1) is 3.57 Å². The Hall–Kier alpha value is -0.680. The topological polar surface area (TPSA) is 26.0 Å². The summed E-state index contributed by atoms with van der Waals surface area (Å²) < 4.78 is 1.23. The number of nitrogen functional groups attached to an aromatic ring is 1. The summed E-state index contributed by atoms with van der Waals surface area (Å²) in [5, 5.41) is 0. The van der Waals surface area contributed by atoms with Crippen LogP contribution in [-0.4, -0.2) is 0 Å². The minimum Gasteiger partial charge on any atom is -0.398 e. The van der Waals surface area contributed by atoms with Crippen molar-refractivity contribution < 1.29 is 0 Å². The van der Waals surface area contributed by atoms with Crippen molar-refractivity contribution in [3.63, 3.8) is 0 Å². The van der Waals surface area contributed by atoms with Gasteiger partial charge in [0.2, 0.25) is 0 Å². The first-order valence-electron chi connectivity index (χ1n) is 4.51. The van der Waals surface area contributed by atoms with Gasteiger partial charge in [-0.2, -0.15) is 0 Å². The minimum absolute atomic E-state index is 0.715. The van der Waals surface area contributed by atoms with E-state index in [1.807, 2.05) is 18.2 Å². The highest BCUT2D eigenvalue weighted by molar-refractivity contribution is 14.1. The zero-order valence-electron chi connectivity index (χ0n) is 7.94. The van der Waals surface area contributed by atoms with E-state index in [1.54, 1.807) is 0 Å². The van der Waals surface area contributed by atoms with E-state index in [9.17, 15) is 0 Å². The smallest absolute Gasteiger partial charge is 0.0450 e. The van der Waals surface area contributed by atoms with Crippen LogP contribution >= 0.6 is 35.2 Å². The van der Waals surface area contributed by atoms with Gasteiger partial charge in [0.15, 0.2) is 0 Å². The number of hydrogen-bond donors (Lipinski definition) is 2. The van der Waals surface area contributed by atoms with Crippen molar-refractivity contribution in [3.05, 3.63) is 46.0 Å². The number of halogens is 1. The van der Waals surface area contributed by atoms with Crippen molar-refractivity contribution in [2.75, 3.05) is 5.73 Å². The van der Waals surface area contributed by atoms with Gasteiger partial charge in [-0.05, 0) is 58.0 Å². The van der Waals surface area contributed by atoms with Crippen LogP contribution in [0.2, 0.25) is 0 Å². The average molecular weight is 327 g/mol. The Morgan fingerprint density at radius 3 is 2.13 bits per heavy atom. The number of thiol groups is 1. The van der Waals surface area contributed by atoms with E-state index in [1.165, 1.54) is 9.13 Å². The Morgan fingerprint density at radius 2 is 1.53 bits per heavy atom. The normalized spacial score (nSPS) is 10.3. The fourth-order valence-electron chi connectivity index (χ4n) is 1.37. The number of anilines is 1. The summed E-state index contributed by atoms with van der Waals surface area (Å²) in [5.74, 6) is 0. The molecule has 0 aromatic heterocycles. The van der Waals surface area contributed by atoms with Crippen LogP contribution < -0.4 is 5.73 Å². The van der Waals surface area contributed by atoms with Crippen LogP contribution in [0.3, 0.4) is 0 Å². The van der Waals surface area contributed by atoms with Crippen molar-refractivity contribution in [1.82, 2.24) is 0 Å². The fraction of sp³-hybridized carbons (Fsp3) is 0. The molecule has 0 aliphatic rings. The summed E-state index contributed by atoms with van der Waals surface area (Å²) in [7, 11) is 0. The number of hydrogen-bond acceptors (Lipinski definition) is 2. The van der Waals surface area contributed by atoms with Crippen LogP contribution in [0.1, 0.15) is 0 Å². The lowest BCUT2D eigenvalue weighted by Crippen LogP contribution is -1.87. The maximum absolute atomic E-state index is 5.71. The predicted molar refractivity (Wildman–Crippen MR) is 76.3 cm³/mol. The van der Waals surface area contributed by atoms with Gasteiger partial charge in [0, 0.05) is 14.2 Å². The summed E-state index contributed by atoms with van der Waals surface area (Å²) in [6.45, 7) is 0. The largest absolute Gasteiger partial charge is 0.398 e. The Labute approximate surface area is 108 Å². The second-order valence-corrected chi connectivity index (χ2v) is 5.01. The molecule has 3 heteroatoms. The van der Waals surface area contributed by atoms with E-state index in [-0.39, 0.29) is 0 Å². The molecule has 0 unspecified atom stereocenters. The molecule has 0 saturated carbocycles. The maximum Gasteiger partial charge on any atom is 0.0450 e. The van der Waals surface area contributed by atoms with E-state index in [2.05, 4.69) is 59.5 Å². The van der Waals surface area contributed by atoms with Crippen LogP contribution in [0.5, 0.6) is 0 Å². The zero-order chi connectivity index (χ0) is 10.8. The lowest BCUT2D eigenvalue weighted by Gasteiger charge is -2.04. The predicted octanol–water partition coefficient (Wildman–Crippen LogP) is 3.83. The Kier molecular flexibility index (Phi) is 3.21. The monoisotopic (exact) mass is 327 g/mol. The summed E-state index contributed by atoms with van der Waals surface area (Å²) in [5.41, 5.74) is 8.76. The molecule has 0 amide bonds. The average Bonchev–Trinajstić information content (AvgIpc) is 2.23. The van der Waals surface area contributed by atoms with Gasteiger partial charge in [0.05, 0.1) is 0 Å². The van der Waals surface area contributed by atoms with E-state index < -0.39 is 0 Å². The standard InChI is InChI=1S/C12H10INS/c13-10-4-1-8(2-5-10)9-3-6-11(14)12(15)7-9/h1-7,15H,14H2. The molecule has 2 N–H and O–H groups in total. The molecule has 2 aromatic rings. The molecule has 1 nitrogen and oxygen atoms in total. The molecule has 2 aromatic carbocycles. The van der Waals surface area contributed by atoms with Gasteiger partial charge in [0.1, 0.15) is 0 Å². The van der Waals surface area contributed by atoms with E-state index >= 15 is 0 Å². The Balaban J connectivity index is 2.45. The lowest BCUT2D eigenvalue weighted by atomic mass is 10.1. The molecule has 0 spiro atoms. The first-order valence-corrected chi connectivity index (χ1v) is 6.04. The van der Waals surface area contributed by atoms with Crippen LogP contribution in [0.4, 0.5) is 5.69 Å². The van der Waals surface area contributed by atoms with Crippen molar-refractivity contribution in [2.45, 2.75) is 4.90 Å². The zero-order valence-corrected chi connectivity index (χ0v) is 11.0. The second kappa shape index (κ2) is 4.45. The third-order valence-corrected chi connectivity index (χ3v) is 3.31. The molecule has 0 atom stereocenters. The van der Waals surface area contributed by atoms with Crippen molar-refractivity contribution in [2.24, 2.45) is 0 Å². The molecule has 2 rings (SSSR count). The molecule has 76 valence electrons. The first kappa shape index (κ1) is 10.8. The second-order valence-electron chi connectivity index (χ2n) is 3.28. The number of rotatable bonds is 1. The van der Waals surface area contributed by atoms with Crippen LogP contribution in [-0.2, 0) is 0 Å². The summed E-state index contributed by atoms with van der Waals surface area (Å²) in [6.07, 6.45) is 0. The highest BCUT2D eigenvalue weighted by Crippen LogP contribution is 2.26. The van der Waals surface area contributed by atoms with Crippen LogP contribution in [0.15, 0.2) is 47.4 Å². The SMILES string of the molecule is Nc1ccc(-c2ccc(I)cc2)cc1S. The molecule has 0 aliphatic carbocycles. The van der Waals surface area contributed by atoms with E-state index in [0.29, 0.717) is 5.69 Å². The molecule has 0 heterocycles.